The van der Waals surface area contributed by atoms with Gasteiger partial charge in [-0.05, 0) is 54.1 Å². The van der Waals surface area contributed by atoms with Crippen LogP contribution in [0.15, 0.2) is 79.1 Å². The van der Waals surface area contributed by atoms with Crippen LogP contribution in [-0.4, -0.2) is 14.4 Å². The van der Waals surface area contributed by atoms with E-state index in [0.29, 0.717) is 11.1 Å². The molecule has 9 heteroatoms. The van der Waals surface area contributed by atoms with Gasteiger partial charge in [-0.25, -0.2) is 23.1 Å². The molecule has 2 aromatic heterocycles. The highest BCUT2D eigenvalue weighted by Crippen LogP contribution is 2.35. The topological polar surface area (TPSA) is 30.2 Å². The van der Waals surface area contributed by atoms with Crippen molar-refractivity contribution in [3.63, 3.8) is 0 Å². The molecule has 0 aliphatic heterocycles. The van der Waals surface area contributed by atoms with E-state index < -0.39 is 29.2 Å². The lowest BCUT2D eigenvalue weighted by Gasteiger charge is -2.10. The first kappa shape index (κ1) is 21.7. The summed E-state index contributed by atoms with van der Waals surface area (Å²) in [6.07, 6.45) is -1.67. The molecule has 0 unspecified atom stereocenters. The fourth-order valence-electron chi connectivity index (χ4n) is 3.73. The highest BCUT2D eigenvalue weighted by molar-refractivity contribution is 5.82. The van der Waals surface area contributed by atoms with Gasteiger partial charge in [0.05, 0.1) is 17.0 Å². The number of halogens is 6. The Kier molecular flexibility index (Phi) is 5.11. The zero-order chi connectivity index (χ0) is 24.0. The van der Waals surface area contributed by atoms with Gasteiger partial charge in [0, 0.05) is 35.2 Å². The molecule has 0 atom stereocenters. The van der Waals surface area contributed by atoms with Gasteiger partial charge in [-0.1, -0.05) is 12.1 Å². The van der Waals surface area contributed by atoms with Gasteiger partial charge in [-0.3, -0.25) is 4.40 Å². The molecule has 5 rings (SSSR count). The Hall–Kier alpha value is -4.14. The van der Waals surface area contributed by atoms with E-state index in [1.54, 1.807) is 0 Å². The van der Waals surface area contributed by atoms with Crippen molar-refractivity contribution in [2.24, 2.45) is 0 Å². The van der Waals surface area contributed by atoms with Crippen LogP contribution in [0.4, 0.5) is 26.3 Å². The SMILES string of the molecule is Fc1ccc(-c2nc3ncc(-c4cccc(C(F)(F)F)c4)cn3c2-c2cc(F)cc(F)c2)cc1. The number of aromatic nitrogens is 3. The van der Waals surface area contributed by atoms with Gasteiger partial charge in [-0.2, -0.15) is 13.2 Å². The van der Waals surface area contributed by atoms with Crippen LogP contribution < -0.4 is 0 Å². The van der Waals surface area contributed by atoms with E-state index in [2.05, 4.69) is 9.97 Å². The van der Waals surface area contributed by atoms with E-state index in [0.717, 1.165) is 30.3 Å². The van der Waals surface area contributed by atoms with Crippen LogP contribution in [0.25, 0.3) is 39.4 Å². The molecule has 0 bridgehead atoms. The van der Waals surface area contributed by atoms with Crippen molar-refractivity contribution in [2.75, 3.05) is 0 Å². The predicted octanol–water partition coefficient (Wildman–Crippen LogP) is 7.17. The summed E-state index contributed by atoms with van der Waals surface area (Å²) < 4.78 is 82.6. The van der Waals surface area contributed by atoms with E-state index in [-0.39, 0.29) is 28.3 Å². The molecular weight excluding hydrogens is 456 g/mol. The number of imidazole rings is 1. The number of hydrogen-bond donors (Lipinski definition) is 0. The Morgan fingerprint density at radius 1 is 0.676 bits per heavy atom. The summed E-state index contributed by atoms with van der Waals surface area (Å²) in [6, 6.07) is 13.0. The third-order valence-electron chi connectivity index (χ3n) is 5.26. The van der Waals surface area contributed by atoms with Crippen LogP contribution >= 0.6 is 0 Å². The van der Waals surface area contributed by atoms with E-state index >= 15 is 0 Å². The summed E-state index contributed by atoms with van der Waals surface area (Å²) in [5.41, 5.74) is 0.882. The molecule has 0 aliphatic carbocycles. The first-order chi connectivity index (χ1) is 16.2. The van der Waals surface area contributed by atoms with Crippen molar-refractivity contribution in [1.82, 2.24) is 14.4 Å². The smallest absolute Gasteiger partial charge is 0.282 e. The molecular formula is C25H13F6N3. The summed E-state index contributed by atoms with van der Waals surface area (Å²) >= 11 is 0. The quantitative estimate of drug-likeness (QED) is 0.262. The summed E-state index contributed by atoms with van der Waals surface area (Å²) in [6.45, 7) is 0. The molecule has 3 nitrogen and oxygen atoms in total. The highest BCUT2D eigenvalue weighted by atomic mass is 19.4. The van der Waals surface area contributed by atoms with Gasteiger partial charge in [-0.15, -0.1) is 0 Å². The van der Waals surface area contributed by atoms with Crippen LogP contribution in [0.2, 0.25) is 0 Å². The highest BCUT2D eigenvalue weighted by Gasteiger charge is 2.30. The van der Waals surface area contributed by atoms with Crippen molar-refractivity contribution < 1.29 is 26.3 Å². The van der Waals surface area contributed by atoms with E-state index in [1.807, 2.05) is 0 Å². The molecule has 2 heterocycles. The molecule has 0 aliphatic rings. The molecule has 0 radical (unpaired) electrons. The van der Waals surface area contributed by atoms with E-state index in [1.165, 1.54) is 53.2 Å². The van der Waals surface area contributed by atoms with E-state index in [4.69, 9.17) is 0 Å². The third-order valence-corrected chi connectivity index (χ3v) is 5.26. The Balaban J connectivity index is 1.77. The lowest BCUT2D eigenvalue weighted by Crippen LogP contribution is -2.04. The van der Waals surface area contributed by atoms with Crippen molar-refractivity contribution in [3.05, 3.63) is 102 Å². The average Bonchev–Trinajstić information content (AvgIpc) is 3.17. The maximum absolute atomic E-state index is 14.1. The molecule has 0 saturated heterocycles. The number of rotatable bonds is 3. The Morgan fingerprint density at radius 3 is 2.06 bits per heavy atom. The number of nitrogens with zero attached hydrogens (tertiary/aromatic N) is 3. The normalized spacial score (nSPS) is 11.8. The van der Waals surface area contributed by atoms with Crippen molar-refractivity contribution in [2.45, 2.75) is 6.18 Å². The Bertz CT molecular complexity index is 1500. The summed E-state index contributed by atoms with van der Waals surface area (Å²) in [5, 5.41) is 0. The first-order valence-electron chi connectivity index (χ1n) is 9.97. The van der Waals surface area contributed by atoms with Gasteiger partial charge in [0.1, 0.15) is 17.5 Å². The molecule has 5 aromatic rings. The Morgan fingerprint density at radius 2 is 1.38 bits per heavy atom. The van der Waals surface area contributed by atoms with Gasteiger partial charge < -0.3 is 0 Å². The fraction of sp³-hybridized carbons (Fsp3) is 0.0400. The maximum Gasteiger partial charge on any atom is 0.416 e. The van der Waals surface area contributed by atoms with Crippen molar-refractivity contribution >= 4 is 5.78 Å². The number of benzene rings is 3. The molecule has 34 heavy (non-hydrogen) atoms. The molecule has 0 amide bonds. The van der Waals surface area contributed by atoms with Gasteiger partial charge in [0.15, 0.2) is 0 Å². The van der Waals surface area contributed by atoms with Crippen LogP contribution in [-0.2, 0) is 6.18 Å². The summed E-state index contributed by atoms with van der Waals surface area (Å²) in [4.78, 5) is 8.70. The van der Waals surface area contributed by atoms with E-state index in [9.17, 15) is 26.3 Å². The van der Waals surface area contributed by atoms with Gasteiger partial charge >= 0.3 is 6.18 Å². The second-order valence-electron chi connectivity index (χ2n) is 7.57. The minimum Gasteiger partial charge on any atom is -0.282 e. The van der Waals surface area contributed by atoms with Crippen LogP contribution in [0.5, 0.6) is 0 Å². The number of fused-ring (bicyclic) bond motifs is 1. The molecule has 170 valence electrons. The van der Waals surface area contributed by atoms with Gasteiger partial charge in [0.2, 0.25) is 5.78 Å². The standard InChI is InChI=1S/C25H13F6N3/c26-19-6-4-14(5-7-19)22-23(16-9-20(27)11-21(28)10-16)34-13-17(12-32-24(34)33-22)15-2-1-3-18(8-15)25(29,30)31/h1-13H. The monoisotopic (exact) mass is 469 g/mol. The minimum atomic E-state index is -4.53. The minimum absolute atomic E-state index is 0.132. The maximum atomic E-state index is 14.1. The van der Waals surface area contributed by atoms with Crippen LogP contribution in [0, 0.1) is 17.5 Å². The predicted molar refractivity (Wildman–Crippen MR) is 114 cm³/mol. The van der Waals surface area contributed by atoms with Crippen molar-refractivity contribution in [3.8, 4) is 33.6 Å². The number of hydrogen-bond acceptors (Lipinski definition) is 2. The van der Waals surface area contributed by atoms with Crippen molar-refractivity contribution in [1.29, 1.82) is 0 Å². The Labute approximate surface area is 189 Å². The summed E-state index contributed by atoms with van der Waals surface area (Å²) in [7, 11) is 0. The molecule has 0 fully saturated rings. The third kappa shape index (κ3) is 4.00. The van der Waals surface area contributed by atoms with Crippen LogP contribution in [0.1, 0.15) is 5.56 Å². The summed E-state index contributed by atoms with van der Waals surface area (Å²) in [5.74, 6) is -1.97. The zero-order valence-corrected chi connectivity index (χ0v) is 17.1. The molecule has 0 saturated carbocycles. The lowest BCUT2D eigenvalue weighted by molar-refractivity contribution is -0.137. The first-order valence-corrected chi connectivity index (χ1v) is 9.97. The largest absolute Gasteiger partial charge is 0.416 e. The second-order valence-corrected chi connectivity index (χ2v) is 7.57. The molecule has 3 aromatic carbocycles. The van der Waals surface area contributed by atoms with Crippen LogP contribution in [0.3, 0.4) is 0 Å². The van der Waals surface area contributed by atoms with Gasteiger partial charge in [0.25, 0.3) is 0 Å². The molecule has 0 N–H and O–H groups in total. The average molecular weight is 469 g/mol. The number of alkyl halides is 3. The lowest BCUT2D eigenvalue weighted by atomic mass is 10.0. The molecule has 0 spiro atoms. The zero-order valence-electron chi connectivity index (χ0n) is 17.1. The second kappa shape index (κ2) is 8.02. The fourth-order valence-corrected chi connectivity index (χ4v) is 3.73.